The summed E-state index contributed by atoms with van der Waals surface area (Å²) in [6.07, 6.45) is 2.66. The van der Waals surface area contributed by atoms with Gasteiger partial charge in [0.1, 0.15) is 5.69 Å². The lowest BCUT2D eigenvalue weighted by Crippen LogP contribution is -2.42. The zero-order valence-corrected chi connectivity index (χ0v) is 11.2. The highest BCUT2D eigenvalue weighted by molar-refractivity contribution is 6.20. The zero-order chi connectivity index (χ0) is 14.9. The van der Waals surface area contributed by atoms with E-state index < -0.39 is 23.3 Å². The van der Waals surface area contributed by atoms with E-state index in [1.165, 1.54) is 33.4 Å². The van der Waals surface area contributed by atoms with Crippen LogP contribution in [0, 0.1) is 0 Å². The Morgan fingerprint density at radius 3 is 2.40 bits per heavy atom. The van der Waals surface area contributed by atoms with Gasteiger partial charge in [0.15, 0.2) is 5.57 Å². The standard InChI is InChI=1S/C12H13N3O5/c1-12(2)19-10(16)8(11(17)20-12)9(13)6-4-14-5-7(15-6)18-3/h4-5H,13H2,1-3H3. The van der Waals surface area contributed by atoms with E-state index in [-0.39, 0.29) is 17.3 Å². The molecule has 8 nitrogen and oxygen atoms in total. The maximum atomic E-state index is 11.8. The number of nitrogens with two attached hydrogens (primary N) is 1. The molecule has 0 radical (unpaired) electrons. The number of carbonyl (C=O) groups excluding carboxylic acids is 2. The van der Waals surface area contributed by atoms with Crippen molar-refractivity contribution >= 4 is 17.6 Å². The Hall–Kier alpha value is -2.64. The second-order valence-electron chi connectivity index (χ2n) is 4.41. The number of methoxy groups -OCH3 is 1. The smallest absolute Gasteiger partial charge is 0.351 e. The van der Waals surface area contributed by atoms with Gasteiger partial charge in [-0.05, 0) is 0 Å². The van der Waals surface area contributed by atoms with Crippen molar-refractivity contribution in [3.63, 3.8) is 0 Å². The number of esters is 2. The number of nitrogens with zero attached hydrogens (tertiary/aromatic N) is 2. The number of rotatable bonds is 2. The summed E-state index contributed by atoms with van der Waals surface area (Å²) >= 11 is 0. The first-order chi connectivity index (χ1) is 9.34. The minimum absolute atomic E-state index is 0.118. The summed E-state index contributed by atoms with van der Waals surface area (Å²) in [5.41, 5.74) is 5.31. The Balaban J connectivity index is 2.45. The highest BCUT2D eigenvalue weighted by Gasteiger charge is 2.41. The lowest BCUT2D eigenvalue weighted by Gasteiger charge is -2.30. The first kappa shape index (κ1) is 13.8. The summed E-state index contributed by atoms with van der Waals surface area (Å²) in [6, 6.07) is 0. The molecular formula is C12H13N3O5. The second kappa shape index (κ2) is 4.80. The summed E-state index contributed by atoms with van der Waals surface area (Å²) in [4.78, 5) is 31.5. The van der Waals surface area contributed by atoms with Crippen LogP contribution < -0.4 is 10.5 Å². The van der Waals surface area contributed by atoms with Gasteiger partial charge in [0.2, 0.25) is 5.88 Å². The fraction of sp³-hybridized carbons (Fsp3) is 0.333. The van der Waals surface area contributed by atoms with Gasteiger partial charge in [-0.3, -0.25) is 4.98 Å². The highest BCUT2D eigenvalue weighted by atomic mass is 16.7. The van der Waals surface area contributed by atoms with Crippen LogP contribution in [0.1, 0.15) is 19.5 Å². The predicted molar refractivity (Wildman–Crippen MR) is 66.0 cm³/mol. The van der Waals surface area contributed by atoms with Crippen LogP contribution >= 0.6 is 0 Å². The van der Waals surface area contributed by atoms with Crippen molar-refractivity contribution in [1.29, 1.82) is 0 Å². The Morgan fingerprint density at radius 1 is 1.25 bits per heavy atom. The van der Waals surface area contributed by atoms with E-state index in [0.29, 0.717) is 0 Å². The summed E-state index contributed by atoms with van der Waals surface area (Å²) in [6.45, 7) is 2.89. The molecule has 2 N–H and O–H groups in total. The molecule has 106 valence electrons. The number of hydrogen-bond donors (Lipinski definition) is 1. The van der Waals surface area contributed by atoms with Gasteiger partial charge in [0.05, 0.1) is 25.2 Å². The highest BCUT2D eigenvalue weighted by Crippen LogP contribution is 2.26. The van der Waals surface area contributed by atoms with E-state index in [1.807, 2.05) is 0 Å². The molecule has 20 heavy (non-hydrogen) atoms. The molecule has 0 atom stereocenters. The third-order valence-electron chi connectivity index (χ3n) is 2.45. The van der Waals surface area contributed by atoms with Crippen LogP contribution in [0.4, 0.5) is 0 Å². The molecule has 0 spiro atoms. The predicted octanol–water partition coefficient (Wildman–Crippen LogP) is -0.00890. The van der Waals surface area contributed by atoms with E-state index >= 15 is 0 Å². The minimum Gasteiger partial charge on any atom is -0.480 e. The van der Waals surface area contributed by atoms with Crippen LogP contribution in [0.2, 0.25) is 0 Å². The Morgan fingerprint density at radius 2 is 1.85 bits per heavy atom. The molecule has 1 aliphatic rings. The van der Waals surface area contributed by atoms with Crippen LogP contribution in [-0.4, -0.2) is 34.8 Å². The molecule has 1 aromatic heterocycles. The first-order valence-electron chi connectivity index (χ1n) is 5.67. The number of cyclic esters (lactones) is 2. The lowest BCUT2D eigenvalue weighted by molar-refractivity contribution is -0.222. The molecule has 0 saturated carbocycles. The average Bonchev–Trinajstić information content (AvgIpc) is 2.36. The van der Waals surface area contributed by atoms with Gasteiger partial charge in [-0.2, -0.15) is 0 Å². The summed E-state index contributed by atoms with van der Waals surface area (Å²) < 4.78 is 14.8. The Kier molecular flexibility index (Phi) is 3.31. The van der Waals surface area contributed by atoms with Gasteiger partial charge in [-0.15, -0.1) is 0 Å². The van der Waals surface area contributed by atoms with E-state index in [4.69, 9.17) is 19.9 Å². The van der Waals surface area contributed by atoms with Crippen molar-refractivity contribution in [3.05, 3.63) is 23.7 Å². The molecule has 0 aliphatic carbocycles. The van der Waals surface area contributed by atoms with Crippen molar-refractivity contribution in [3.8, 4) is 5.88 Å². The van der Waals surface area contributed by atoms with Crippen LogP contribution in [-0.2, 0) is 19.1 Å². The van der Waals surface area contributed by atoms with Crippen molar-refractivity contribution in [2.24, 2.45) is 5.73 Å². The fourth-order valence-corrected chi connectivity index (χ4v) is 1.58. The van der Waals surface area contributed by atoms with Crippen LogP contribution in [0.5, 0.6) is 5.88 Å². The third-order valence-corrected chi connectivity index (χ3v) is 2.45. The van der Waals surface area contributed by atoms with Crippen LogP contribution in [0.15, 0.2) is 18.0 Å². The molecule has 0 amide bonds. The van der Waals surface area contributed by atoms with Gasteiger partial charge in [-0.1, -0.05) is 0 Å². The Bertz CT molecular complexity index is 587. The summed E-state index contributed by atoms with van der Waals surface area (Å²) in [5, 5.41) is 0. The summed E-state index contributed by atoms with van der Waals surface area (Å²) in [7, 11) is 1.41. The number of hydrogen-bond acceptors (Lipinski definition) is 8. The lowest BCUT2D eigenvalue weighted by atomic mass is 10.1. The molecule has 1 aliphatic heterocycles. The van der Waals surface area contributed by atoms with E-state index in [2.05, 4.69) is 9.97 Å². The van der Waals surface area contributed by atoms with Gasteiger partial charge < -0.3 is 19.9 Å². The maximum Gasteiger partial charge on any atom is 0.351 e. The zero-order valence-electron chi connectivity index (χ0n) is 11.2. The average molecular weight is 279 g/mol. The largest absolute Gasteiger partial charge is 0.480 e. The SMILES string of the molecule is COc1cncc(C(N)=C2C(=O)OC(C)(C)OC2=O)n1. The van der Waals surface area contributed by atoms with Crippen molar-refractivity contribution < 1.29 is 23.8 Å². The maximum absolute atomic E-state index is 11.8. The molecule has 8 heteroatoms. The van der Waals surface area contributed by atoms with Gasteiger partial charge in [-0.25, -0.2) is 14.6 Å². The monoisotopic (exact) mass is 279 g/mol. The van der Waals surface area contributed by atoms with Crippen molar-refractivity contribution in [2.75, 3.05) is 7.11 Å². The van der Waals surface area contributed by atoms with E-state index in [0.717, 1.165) is 0 Å². The van der Waals surface area contributed by atoms with Gasteiger partial charge in [0, 0.05) is 13.8 Å². The second-order valence-corrected chi connectivity index (χ2v) is 4.41. The van der Waals surface area contributed by atoms with Crippen molar-refractivity contribution in [1.82, 2.24) is 9.97 Å². The van der Waals surface area contributed by atoms with E-state index in [1.54, 1.807) is 0 Å². The number of ether oxygens (including phenoxy) is 3. The molecule has 1 fully saturated rings. The normalized spacial score (nSPS) is 17.2. The number of carbonyl (C=O) groups is 2. The molecule has 0 unspecified atom stereocenters. The third kappa shape index (κ3) is 2.53. The first-order valence-corrected chi connectivity index (χ1v) is 5.67. The minimum atomic E-state index is -1.32. The topological polar surface area (TPSA) is 114 Å². The van der Waals surface area contributed by atoms with Crippen LogP contribution in [0.3, 0.4) is 0 Å². The molecular weight excluding hydrogens is 266 g/mol. The molecule has 0 aromatic carbocycles. The summed E-state index contributed by atoms with van der Waals surface area (Å²) in [5.74, 6) is -2.86. The molecule has 2 rings (SSSR count). The van der Waals surface area contributed by atoms with Crippen LogP contribution in [0.25, 0.3) is 5.70 Å². The Labute approximate surface area is 114 Å². The molecule has 1 aromatic rings. The molecule has 1 saturated heterocycles. The fourth-order valence-electron chi connectivity index (χ4n) is 1.58. The van der Waals surface area contributed by atoms with Gasteiger partial charge in [0.25, 0.3) is 5.79 Å². The van der Waals surface area contributed by atoms with Crippen molar-refractivity contribution in [2.45, 2.75) is 19.6 Å². The number of aromatic nitrogens is 2. The quantitative estimate of drug-likeness (QED) is 0.457. The van der Waals surface area contributed by atoms with E-state index in [9.17, 15) is 9.59 Å². The van der Waals surface area contributed by atoms with Gasteiger partial charge >= 0.3 is 11.9 Å². The molecule has 0 bridgehead atoms. The molecule has 2 heterocycles.